The first-order chi connectivity index (χ1) is 8.99. The Bertz CT molecular complexity index is 460. The Morgan fingerprint density at radius 3 is 2.53 bits per heavy atom. The van der Waals surface area contributed by atoms with Crippen LogP contribution in [0.3, 0.4) is 0 Å². The Kier molecular flexibility index (Phi) is 4.12. The van der Waals surface area contributed by atoms with Gasteiger partial charge in [-0.05, 0) is 33.6 Å². The van der Waals surface area contributed by atoms with Crippen molar-refractivity contribution in [2.45, 2.75) is 58.5 Å². The van der Waals surface area contributed by atoms with Gasteiger partial charge in [-0.25, -0.2) is 4.79 Å². The molecule has 2 N–H and O–H groups in total. The van der Waals surface area contributed by atoms with E-state index < -0.39 is 0 Å². The van der Waals surface area contributed by atoms with Crippen molar-refractivity contribution < 1.29 is 4.79 Å². The molecule has 106 valence electrons. The molecule has 1 heterocycles. The minimum absolute atomic E-state index is 0.0184. The standard InChI is InChI=1S/C14H24N4O/c1-9(13-10(2)17-18(4)11(13)3)15-14(19)16-12-7-5-6-8-12/h9,12H,5-8H2,1-4H3,(H2,15,16,19)/t9-/m1/s1. The van der Waals surface area contributed by atoms with E-state index in [1.165, 1.54) is 12.8 Å². The third-order valence-electron chi connectivity index (χ3n) is 4.04. The number of amides is 2. The van der Waals surface area contributed by atoms with Gasteiger partial charge >= 0.3 is 6.03 Å². The molecule has 1 atom stereocenters. The molecule has 0 aromatic carbocycles. The van der Waals surface area contributed by atoms with Gasteiger partial charge in [-0.2, -0.15) is 5.10 Å². The van der Waals surface area contributed by atoms with Crippen LogP contribution in [0.1, 0.15) is 55.6 Å². The first-order valence-corrected chi connectivity index (χ1v) is 7.06. The summed E-state index contributed by atoms with van der Waals surface area (Å²) in [5.41, 5.74) is 3.20. The second-order valence-electron chi connectivity index (χ2n) is 5.53. The van der Waals surface area contributed by atoms with E-state index in [9.17, 15) is 4.79 Å². The molecule has 0 saturated heterocycles. The van der Waals surface area contributed by atoms with Gasteiger partial charge < -0.3 is 10.6 Å². The van der Waals surface area contributed by atoms with Crippen molar-refractivity contribution in [2.75, 3.05) is 0 Å². The lowest BCUT2D eigenvalue weighted by Crippen LogP contribution is -2.42. The molecule has 1 fully saturated rings. The lowest BCUT2D eigenvalue weighted by molar-refractivity contribution is 0.234. The van der Waals surface area contributed by atoms with Crippen LogP contribution in [0.2, 0.25) is 0 Å². The van der Waals surface area contributed by atoms with Crippen molar-refractivity contribution in [3.05, 3.63) is 17.0 Å². The fraction of sp³-hybridized carbons (Fsp3) is 0.714. The predicted molar refractivity (Wildman–Crippen MR) is 75.0 cm³/mol. The molecule has 1 aliphatic rings. The Labute approximate surface area is 114 Å². The maximum absolute atomic E-state index is 12.0. The Morgan fingerprint density at radius 1 is 1.37 bits per heavy atom. The van der Waals surface area contributed by atoms with E-state index in [1.54, 1.807) is 0 Å². The number of hydrogen-bond donors (Lipinski definition) is 2. The summed E-state index contributed by atoms with van der Waals surface area (Å²) in [5, 5.41) is 10.4. The highest BCUT2D eigenvalue weighted by atomic mass is 16.2. The fourth-order valence-corrected chi connectivity index (χ4v) is 2.98. The number of carbonyl (C=O) groups excluding carboxylic acids is 1. The van der Waals surface area contributed by atoms with E-state index in [0.717, 1.165) is 29.8 Å². The van der Waals surface area contributed by atoms with Gasteiger partial charge in [0, 0.05) is 24.3 Å². The van der Waals surface area contributed by atoms with Crippen LogP contribution in [0, 0.1) is 13.8 Å². The molecular weight excluding hydrogens is 240 g/mol. The van der Waals surface area contributed by atoms with Gasteiger partial charge in [0.05, 0.1) is 11.7 Å². The molecule has 2 amide bonds. The van der Waals surface area contributed by atoms with Crippen molar-refractivity contribution in [3.63, 3.8) is 0 Å². The zero-order chi connectivity index (χ0) is 14.0. The van der Waals surface area contributed by atoms with Crippen LogP contribution in [0.4, 0.5) is 4.79 Å². The highest BCUT2D eigenvalue weighted by molar-refractivity contribution is 5.74. The van der Waals surface area contributed by atoms with Crippen LogP contribution in [0.5, 0.6) is 0 Å². The van der Waals surface area contributed by atoms with Crippen molar-refractivity contribution in [2.24, 2.45) is 7.05 Å². The number of aromatic nitrogens is 2. The molecule has 5 nitrogen and oxygen atoms in total. The maximum Gasteiger partial charge on any atom is 0.315 e. The van der Waals surface area contributed by atoms with Crippen LogP contribution < -0.4 is 10.6 Å². The number of nitrogens with one attached hydrogen (secondary N) is 2. The lowest BCUT2D eigenvalue weighted by atomic mass is 10.1. The van der Waals surface area contributed by atoms with Crippen molar-refractivity contribution in [1.82, 2.24) is 20.4 Å². The number of aryl methyl sites for hydroxylation is 2. The molecule has 0 unspecified atom stereocenters. The predicted octanol–water partition coefficient (Wildman–Crippen LogP) is 2.34. The molecule has 0 radical (unpaired) electrons. The third-order valence-corrected chi connectivity index (χ3v) is 4.04. The quantitative estimate of drug-likeness (QED) is 0.880. The number of nitrogens with zero attached hydrogens (tertiary/aromatic N) is 2. The molecule has 1 aromatic heterocycles. The summed E-state index contributed by atoms with van der Waals surface area (Å²) in [7, 11) is 1.93. The van der Waals surface area contributed by atoms with E-state index in [0.29, 0.717) is 6.04 Å². The number of carbonyl (C=O) groups is 1. The second-order valence-corrected chi connectivity index (χ2v) is 5.53. The highest BCUT2D eigenvalue weighted by Crippen LogP contribution is 2.21. The minimum atomic E-state index is -0.0675. The Balaban J connectivity index is 1.96. The van der Waals surface area contributed by atoms with Gasteiger partial charge in [-0.3, -0.25) is 4.68 Å². The van der Waals surface area contributed by atoms with E-state index >= 15 is 0 Å². The maximum atomic E-state index is 12.0. The molecule has 5 heteroatoms. The monoisotopic (exact) mass is 264 g/mol. The first-order valence-electron chi connectivity index (χ1n) is 7.06. The average molecular weight is 264 g/mol. The van der Waals surface area contributed by atoms with Gasteiger partial charge in [0.1, 0.15) is 0 Å². The summed E-state index contributed by atoms with van der Waals surface area (Å²) in [6, 6.07) is 0.264. The van der Waals surface area contributed by atoms with Crippen molar-refractivity contribution >= 4 is 6.03 Å². The Hall–Kier alpha value is -1.52. The van der Waals surface area contributed by atoms with Gasteiger partial charge in [-0.15, -0.1) is 0 Å². The normalized spacial score (nSPS) is 17.5. The van der Waals surface area contributed by atoms with Crippen LogP contribution in [-0.4, -0.2) is 21.9 Å². The first kappa shape index (κ1) is 13.9. The minimum Gasteiger partial charge on any atom is -0.335 e. The second kappa shape index (κ2) is 5.63. The van der Waals surface area contributed by atoms with Crippen LogP contribution >= 0.6 is 0 Å². The summed E-state index contributed by atoms with van der Waals surface area (Å²) in [4.78, 5) is 12.0. The summed E-state index contributed by atoms with van der Waals surface area (Å²) in [6.07, 6.45) is 4.65. The van der Waals surface area contributed by atoms with Crippen LogP contribution in [-0.2, 0) is 7.05 Å². The summed E-state index contributed by atoms with van der Waals surface area (Å²) >= 11 is 0. The fourth-order valence-electron chi connectivity index (χ4n) is 2.98. The van der Waals surface area contributed by atoms with E-state index in [-0.39, 0.29) is 12.1 Å². The van der Waals surface area contributed by atoms with Crippen molar-refractivity contribution in [3.8, 4) is 0 Å². The summed E-state index contributed by atoms with van der Waals surface area (Å²) < 4.78 is 1.86. The molecule has 1 aromatic rings. The molecule has 19 heavy (non-hydrogen) atoms. The van der Waals surface area contributed by atoms with Gasteiger partial charge in [-0.1, -0.05) is 12.8 Å². The molecular formula is C14H24N4O. The molecule has 0 aliphatic heterocycles. The van der Waals surface area contributed by atoms with Crippen molar-refractivity contribution in [1.29, 1.82) is 0 Å². The van der Waals surface area contributed by atoms with Crippen LogP contribution in [0.15, 0.2) is 0 Å². The van der Waals surface area contributed by atoms with Gasteiger partial charge in [0.15, 0.2) is 0 Å². The summed E-state index contributed by atoms with van der Waals surface area (Å²) in [6.45, 7) is 6.02. The largest absolute Gasteiger partial charge is 0.335 e. The topological polar surface area (TPSA) is 59.0 Å². The lowest BCUT2D eigenvalue weighted by Gasteiger charge is -2.18. The SMILES string of the molecule is Cc1nn(C)c(C)c1[C@@H](C)NC(=O)NC1CCCC1. The average Bonchev–Trinajstić information content (AvgIpc) is 2.88. The zero-order valence-electron chi connectivity index (χ0n) is 12.3. The number of rotatable bonds is 3. The van der Waals surface area contributed by atoms with Gasteiger partial charge in [0.2, 0.25) is 0 Å². The molecule has 0 spiro atoms. The number of hydrogen-bond acceptors (Lipinski definition) is 2. The molecule has 0 bridgehead atoms. The zero-order valence-corrected chi connectivity index (χ0v) is 12.3. The molecule has 1 aliphatic carbocycles. The molecule has 1 saturated carbocycles. The molecule has 2 rings (SSSR count). The summed E-state index contributed by atoms with van der Waals surface area (Å²) in [5.74, 6) is 0. The van der Waals surface area contributed by atoms with E-state index in [2.05, 4.69) is 15.7 Å². The van der Waals surface area contributed by atoms with E-state index in [4.69, 9.17) is 0 Å². The van der Waals surface area contributed by atoms with E-state index in [1.807, 2.05) is 32.5 Å². The third kappa shape index (κ3) is 3.08. The number of urea groups is 1. The Morgan fingerprint density at radius 2 is 2.00 bits per heavy atom. The smallest absolute Gasteiger partial charge is 0.315 e. The highest BCUT2D eigenvalue weighted by Gasteiger charge is 2.21. The van der Waals surface area contributed by atoms with Crippen LogP contribution in [0.25, 0.3) is 0 Å². The van der Waals surface area contributed by atoms with Gasteiger partial charge in [0.25, 0.3) is 0 Å².